The van der Waals surface area contributed by atoms with Gasteiger partial charge in [0.2, 0.25) is 0 Å². The Labute approximate surface area is 141 Å². The number of benzene rings is 1. The van der Waals surface area contributed by atoms with Crippen LogP contribution in [-0.4, -0.2) is 34.4 Å². The summed E-state index contributed by atoms with van der Waals surface area (Å²) in [6.45, 7) is 7.96. The second-order valence-electron chi connectivity index (χ2n) is 6.81. The van der Waals surface area contributed by atoms with Gasteiger partial charge in [0.05, 0.1) is 22.5 Å². The highest BCUT2D eigenvalue weighted by Crippen LogP contribution is 2.36. The molecule has 0 N–H and O–H groups in total. The highest BCUT2D eigenvalue weighted by Gasteiger charge is 2.52. The Balaban J connectivity index is 1.93. The number of hydrogen-bond acceptors (Lipinski definition) is 5. The van der Waals surface area contributed by atoms with Gasteiger partial charge in [0, 0.05) is 23.4 Å². The quantitative estimate of drug-likeness (QED) is 0.636. The van der Waals surface area contributed by atoms with Gasteiger partial charge in [-0.25, -0.2) is 4.68 Å². The lowest BCUT2D eigenvalue weighted by Gasteiger charge is -2.32. The monoisotopic (exact) mass is 323 g/mol. The van der Waals surface area contributed by atoms with Gasteiger partial charge in [-0.3, -0.25) is 4.79 Å². The molecular formula is C17H18BN3O3. The Morgan fingerprint density at radius 3 is 2.50 bits per heavy atom. The molecule has 0 spiro atoms. The third kappa shape index (κ3) is 2.64. The number of nitriles is 1. The molecule has 1 aliphatic rings. The molecule has 0 atom stereocenters. The maximum atomic E-state index is 10.9. The van der Waals surface area contributed by atoms with Crippen molar-refractivity contribution < 1.29 is 14.1 Å². The Hall–Kier alpha value is -2.43. The second kappa shape index (κ2) is 5.58. The average molecular weight is 323 g/mol. The van der Waals surface area contributed by atoms with Crippen molar-refractivity contribution in [2.45, 2.75) is 38.9 Å². The first kappa shape index (κ1) is 16.4. The number of carbonyl (C=O) groups is 1. The van der Waals surface area contributed by atoms with Gasteiger partial charge in [0.25, 0.3) is 0 Å². The zero-order chi connectivity index (χ0) is 17.5. The Morgan fingerprint density at radius 1 is 1.25 bits per heavy atom. The maximum Gasteiger partial charge on any atom is 0.498 e. The highest BCUT2D eigenvalue weighted by molar-refractivity contribution is 6.62. The molecule has 2 heterocycles. The summed E-state index contributed by atoms with van der Waals surface area (Å²) in [6.07, 6.45) is 4.15. The van der Waals surface area contributed by atoms with Gasteiger partial charge in [-0.1, -0.05) is 0 Å². The van der Waals surface area contributed by atoms with Gasteiger partial charge < -0.3 is 9.31 Å². The van der Waals surface area contributed by atoms with Gasteiger partial charge in [0.15, 0.2) is 0 Å². The zero-order valence-electron chi connectivity index (χ0n) is 14.1. The SMILES string of the molecule is CC1(C)OB(c2cnn(-c3ccc(C=O)cc3C#N)c2)OC1(C)C. The summed E-state index contributed by atoms with van der Waals surface area (Å²) in [5.41, 5.74) is 1.35. The van der Waals surface area contributed by atoms with Crippen LogP contribution in [0, 0.1) is 11.3 Å². The topological polar surface area (TPSA) is 77.1 Å². The van der Waals surface area contributed by atoms with E-state index in [2.05, 4.69) is 11.2 Å². The Bertz CT molecular complexity index is 820. The molecule has 1 saturated heterocycles. The number of aldehydes is 1. The van der Waals surface area contributed by atoms with E-state index in [1.54, 1.807) is 35.3 Å². The second-order valence-corrected chi connectivity index (χ2v) is 6.81. The minimum absolute atomic E-state index is 0.378. The zero-order valence-corrected chi connectivity index (χ0v) is 14.1. The largest absolute Gasteiger partial charge is 0.498 e. The van der Waals surface area contributed by atoms with Gasteiger partial charge in [-0.05, 0) is 45.9 Å². The molecule has 0 amide bonds. The Morgan fingerprint density at radius 2 is 1.92 bits per heavy atom. The van der Waals surface area contributed by atoms with Gasteiger partial charge in [0.1, 0.15) is 12.4 Å². The van der Waals surface area contributed by atoms with Crippen molar-refractivity contribution >= 4 is 18.9 Å². The molecule has 122 valence electrons. The molecule has 0 radical (unpaired) electrons. The number of nitrogens with zero attached hydrogens (tertiary/aromatic N) is 3. The lowest BCUT2D eigenvalue weighted by atomic mass is 9.82. The molecule has 0 saturated carbocycles. The van der Waals surface area contributed by atoms with Crippen molar-refractivity contribution in [2.75, 3.05) is 0 Å². The van der Waals surface area contributed by atoms with Crippen LogP contribution in [0.5, 0.6) is 0 Å². The lowest BCUT2D eigenvalue weighted by Crippen LogP contribution is -2.41. The molecule has 7 heteroatoms. The van der Waals surface area contributed by atoms with Crippen molar-refractivity contribution in [3.05, 3.63) is 41.7 Å². The number of hydrogen-bond donors (Lipinski definition) is 0. The molecule has 1 aromatic heterocycles. The highest BCUT2D eigenvalue weighted by atomic mass is 16.7. The average Bonchev–Trinajstić information content (AvgIpc) is 3.09. The molecule has 1 fully saturated rings. The summed E-state index contributed by atoms with van der Waals surface area (Å²) in [6, 6.07) is 6.98. The molecule has 1 aliphatic heterocycles. The number of carbonyl (C=O) groups excluding carboxylic acids is 1. The van der Waals surface area contributed by atoms with E-state index >= 15 is 0 Å². The van der Waals surface area contributed by atoms with Crippen molar-refractivity contribution in [3.8, 4) is 11.8 Å². The molecular weight excluding hydrogens is 305 g/mol. The van der Waals surface area contributed by atoms with Crippen LogP contribution in [0.1, 0.15) is 43.6 Å². The molecule has 0 aliphatic carbocycles. The molecule has 1 aromatic carbocycles. The standard InChI is InChI=1S/C17H18BN3O3/c1-16(2)17(3,4)24-18(23-16)14-9-20-21(10-14)15-6-5-12(11-22)7-13(15)8-19/h5-7,9-11H,1-4H3. The van der Waals surface area contributed by atoms with Crippen LogP contribution in [0.25, 0.3) is 5.69 Å². The summed E-state index contributed by atoms with van der Waals surface area (Å²) in [5.74, 6) is 0. The molecule has 3 rings (SSSR count). The van der Waals surface area contributed by atoms with Gasteiger partial charge >= 0.3 is 7.12 Å². The Kier molecular flexibility index (Phi) is 3.82. The van der Waals surface area contributed by atoms with Crippen LogP contribution in [0.15, 0.2) is 30.6 Å². The predicted molar refractivity (Wildman–Crippen MR) is 89.4 cm³/mol. The van der Waals surface area contributed by atoms with Crippen LogP contribution in [0.2, 0.25) is 0 Å². The fourth-order valence-corrected chi connectivity index (χ4v) is 2.49. The lowest BCUT2D eigenvalue weighted by molar-refractivity contribution is 0.00578. The summed E-state index contributed by atoms with van der Waals surface area (Å²) >= 11 is 0. The van der Waals surface area contributed by atoms with E-state index in [-0.39, 0.29) is 0 Å². The first-order valence-corrected chi connectivity index (χ1v) is 7.67. The summed E-state index contributed by atoms with van der Waals surface area (Å²) < 4.78 is 13.6. The molecule has 0 bridgehead atoms. The number of rotatable bonds is 3. The van der Waals surface area contributed by atoms with Crippen molar-refractivity contribution in [1.82, 2.24) is 9.78 Å². The van der Waals surface area contributed by atoms with Crippen molar-refractivity contribution in [3.63, 3.8) is 0 Å². The predicted octanol–water partition coefficient (Wildman–Crippen LogP) is 1.86. The van der Waals surface area contributed by atoms with Crippen LogP contribution in [0.4, 0.5) is 0 Å². The molecule has 6 nitrogen and oxygen atoms in total. The maximum absolute atomic E-state index is 10.9. The summed E-state index contributed by atoms with van der Waals surface area (Å²) in [5, 5.41) is 13.6. The van der Waals surface area contributed by atoms with Gasteiger partial charge in [-0.2, -0.15) is 10.4 Å². The fourth-order valence-electron chi connectivity index (χ4n) is 2.49. The van der Waals surface area contributed by atoms with Gasteiger partial charge in [-0.15, -0.1) is 0 Å². The van der Waals surface area contributed by atoms with Crippen molar-refractivity contribution in [1.29, 1.82) is 5.26 Å². The molecule has 2 aromatic rings. The van der Waals surface area contributed by atoms with E-state index in [1.165, 1.54) is 0 Å². The first-order chi connectivity index (χ1) is 11.3. The normalized spacial score (nSPS) is 18.4. The van der Waals surface area contributed by atoms with E-state index in [9.17, 15) is 10.1 Å². The molecule has 0 unspecified atom stereocenters. The van der Waals surface area contributed by atoms with Crippen LogP contribution in [-0.2, 0) is 9.31 Å². The third-order valence-electron chi connectivity index (χ3n) is 4.65. The van der Waals surface area contributed by atoms with E-state index < -0.39 is 18.3 Å². The fraction of sp³-hybridized carbons (Fsp3) is 0.353. The first-order valence-electron chi connectivity index (χ1n) is 7.67. The third-order valence-corrected chi connectivity index (χ3v) is 4.65. The number of aromatic nitrogens is 2. The van der Waals surface area contributed by atoms with Crippen molar-refractivity contribution in [2.24, 2.45) is 0 Å². The van der Waals surface area contributed by atoms with Crippen LogP contribution >= 0.6 is 0 Å². The summed E-state index contributed by atoms with van der Waals surface area (Å²) in [4.78, 5) is 10.9. The van der Waals surface area contributed by atoms with E-state index in [4.69, 9.17) is 9.31 Å². The minimum atomic E-state index is -0.511. The summed E-state index contributed by atoms with van der Waals surface area (Å²) in [7, 11) is -0.511. The van der Waals surface area contributed by atoms with Crippen LogP contribution < -0.4 is 5.46 Å². The molecule has 24 heavy (non-hydrogen) atoms. The van der Waals surface area contributed by atoms with E-state index in [1.807, 2.05) is 27.7 Å². The minimum Gasteiger partial charge on any atom is -0.399 e. The smallest absolute Gasteiger partial charge is 0.399 e. The van der Waals surface area contributed by atoms with E-state index in [0.717, 1.165) is 5.46 Å². The van der Waals surface area contributed by atoms with E-state index in [0.29, 0.717) is 23.1 Å². The van der Waals surface area contributed by atoms with Crippen LogP contribution in [0.3, 0.4) is 0 Å².